The molecule has 1 aromatic rings. The average molecular weight is 459 g/mol. The predicted molar refractivity (Wildman–Crippen MR) is 144 cm³/mol. The molecule has 2 nitrogen and oxygen atoms in total. The highest BCUT2D eigenvalue weighted by molar-refractivity contribution is 5.55. The molecule has 2 rings (SSSR count). The molecule has 1 aromatic carbocycles. The second-order valence-corrected chi connectivity index (χ2v) is 12.0. The lowest BCUT2D eigenvalue weighted by Gasteiger charge is -2.38. The molecule has 2 heteroatoms. The molecular formula is C31H54O2. The zero-order valence-corrected chi connectivity index (χ0v) is 23.0. The standard InChI is InChI=1S/C31H54O2/c1-7-8-9-10-11-12-13-14-15-16-17-18-19-20-22-31(6)23-21-26-25(2)29(32)27(30(3,4)5)24-28(26)33-31/h24,32H,7-23H2,1-6H3. The number of phenolic OH excluding ortho intramolecular Hbond substituents is 1. The fourth-order valence-electron chi connectivity index (χ4n) is 5.37. The highest BCUT2D eigenvalue weighted by atomic mass is 16.5. The van der Waals surface area contributed by atoms with Crippen molar-refractivity contribution in [3.8, 4) is 11.5 Å². The van der Waals surface area contributed by atoms with Crippen molar-refractivity contribution in [2.45, 2.75) is 162 Å². The van der Waals surface area contributed by atoms with Crippen LogP contribution in [-0.2, 0) is 11.8 Å². The van der Waals surface area contributed by atoms with E-state index < -0.39 is 0 Å². The van der Waals surface area contributed by atoms with Gasteiger partial charge in [-0.05, 0) is 56.6 Å². The summed E-state index contributed by atoms with van der Waals surface area (Å²) in [6, 6.07) is 2.11. The molecule has 1 aliphatic heterocycles. The summed E-state index contributed by atoms with van der Waals surface area (Å²) in [7, 11) is 0. The van der Waals surface area contributed by atoms with Crippen LogP contribution in [0.5, 0.6) is 11.5 Å². The molecule has 0 saturated heterocycles. The first-order chi connectivity index (χ1) is 15.7. The number of fused-ring (bicyclic) bond motifs is 1. The Labute approximate surface area is 205 Å². The fourth-order valence-corrected chi connectivity index (χ4v) is 5.37. The maximum absolute atomic E-state index is 10.7. The van der Waals surface area contributed by atoms with Gasteiger partial charge in [-0.25, -0.2) is 0 Å². The van der Waals surface area contributed by atoms with Gasteiger partial charge in [0.1, 0.15) is 17.1 Å². The van der Waals surface area contributed by atoms with Crippen LogP contribution in [0.1, 0.15) is 154 Å². The van der Waals surface area contributed by atoms with E-state index in [-0.39, 0.29) is 11.0 Å². The van der Waals surface area contributed by atoms with Gasteiger partial charge < -0.3 is 9.84 Å². The Bertz CT molecular complexity index is 700. The van der Waals surface area contributed by atoms with Gasteiger partial charge in [0.15, 0.2) is 0 Å². The van der Waals surface area contributed by atoms with Crippen LogP contribution in [0.4, 0.5) is 0 Å². The van der Waals surface area contributed by atoms with Gasteiger partial charge in [0.25, 0.3) is 0 Å². The van der Waals surface area contributed by atoms with Crippen molar-refractivity contribution < 1.29 is 9.84 Å². The Balaban J connectivity index is 1.63. The van der Waals surface area contributed by atoms with Crippen LogP contribution < -0.4 is 4.74 Å². The molecule has 0 saturated carbocycles. The summed E-state index contributed by atoms with van der Waals surface area (Å²) in [4.78, 5) is 0. The van der Waals surface area contributed by atoms with Crippen molar-refractivity contribution in [1.29, 1.82) is 0 Å². The van der Waals surface area contributed by atoms with Gasteiger partial charge in [0.05, 0.1) is 0 Å². The molecule has 1 unspecified atom stereocenters. The number of aromatic hydroxyl groups is 1. The summed E-state index contributed by atoms with van der Waals surface area (Å²) < 4.78 is 6.59. The summed E-state index contributed by atoms with van der Waals surface area (Å²) >= 11 is 0. The number of unbranched alkanes of at least 4 members (excludes halogenated alkanes) is 13. The maximum Gasteiger partial charge on any atom is 0.124 e. The minimum Gasteiger partial charge on any atom is -0.507 e. The first-order valence-corrected chi connectivity index (χ1v) is 14.2. The summed E-state index contributed by atoms with van der Waals surface area (Å²) in [6.45, 7) is 13.1. The van der Waals surface area contributed by atoms with E-state index in [1.165, 1.54) is 95.5 Å². The van der Waals surface area contributed by atoms with Gasteiger partial charge >= 0.3 is 0 Å². The number of ether oxygens (including phenoxy) is 1. The van der Waals surface area contributed by atoms with Gasteiger partial charge in [0, 0.05) is 11.1 Å². The van der Waals surface area contributed by atoms with Crippen molar-refractivity contribution in [2.24, 2.45) is 0 Å². The number of phenols is 1. The molecule has 1 aliphatic rings. The smallest absolute Gasteiger partial charge is 0.124 e. The average Bonchev–Trinajstić information content (AvgIpc) is 2.75. The monoisotopic (exact) mass is 458 g/mol. The third-order valence-electron chi connectivity index (χ3n) is 7.76. The molecule has 0 spiro atoms. The van der Waals surface area contributed by atoms with Gasteiger partial charge in [-0.3, -0.25) is 0 Å². The van der Waals surface area contributed by atoms with Crippen molar-refractivity contribution in [2.75, 3.05) is 0 Å². The molecule has 1 atom stereocenters. The van der Waals surface area contributed by atoms with Gasteiger partial charge in [-0.15, -0.1) is 0 Å². The summed E-state index contributed by atoms with van der Waals surface area (Å²) in [6.07, 6.45) is 22.8. The molecule has 1 N–H and O–H groups in total. The minimum atomic E-state index is -0.0876. The van der Waals surface area contributed by atoms with Crippen molar-refractivity contribution in [3.05, 3.63) is 22.8 Å². The van der Waals surface area contributed by atoms with Crippen molar-refractivity contribution >= 4 is 0 Å². The van der Waals surface area contributed by atoms with Gasteiger partial charge in [-0.2, -0.15) is 0 Å². The molecule has 0 bridgehead atoms. The lowest BCUT2D eigenvalue weighted by molar-refractivity contribution is 0.0528. The van der Waals surface area contributed by atoms with Gasteiger partial charge in [-0.1, -0.05) is 111 Å². The van der Waals surface area contributed by atoms with Crippen LogP contribution in [0, 0.1) is 6.92 Å². The highest BCUT2D eigenvalue weighted by Crippen LogP contribution is 2.44. The van der Waals surface area contributed by atoms with Crippen LogP contribution in [0.15, 0.2) is 6.07 Å². The molecule has 0 amide bonds. The van der Waals surface area contributed by atoms with Crippen LogP contribution in [-0.4, -0.2) is 10.7 Å². The summed E-state index contributed by atoms with van der Waals surface area (Å²) in [5.41, 5.74) is 3.06. The molecule has 190 valence electrons. The second kappa shape index (κ2) is 13.6. The zero-order chi connectivity index (χ0) is 24.3. The molecule has 0 radical (unpaired) electrons. The first kappa shape index (κ1) is 28.1. The maximum atomic E-state index is 10.7. The Kier molecular flexibility index (Phi) is 11.6. The first-order valence-electron chi connectivity index (χ1n) is 14.2. The molecule has 33 heavy (non-hydrogen) atoms. The van der Waals surface area contributed by atoms with Crippen LogP contribution in [0.2, 0.25) is 0 Å². The second-order valence-electron chi connectivity index (χ2n) is 12.0. The van der Waals surface area contributed by atoms with Crippen molar-refractivity contribution in [3.63, 3.8) is 0 Å². The van der Waals surface area contributed by atoms with E-state index >= 15 is 0 Å². The van der Waals surface area contributed by atoms with Crippen molar-refractivity contribution in [1.82, 2.24) is 0 Å². The quantitative estimate of drug-likeness (QED) is 0.265. The largest absolute Gasteiger partial charge is 0.507 e. The van der Waals surface area contributed by atoms with Crippen LogP contribution >= 0.6 is 0 Å². The van der Waals surface area contributed by atoms with E-state index in [9.17, 15) is 5.11 Å². The van der Waals surface area contributed by atoms with E-state index in [0.29, 0.717) is 5.75 Å². The third-order valence-corrected chi connectivity index (χ3v) is 7.76. The van der Waals surface area contributed by atoms with E-state index in [2.05, 4.69) is 40.7 Å². The number of benzene rings is 1. The Morgan fingerprint density at radius 2 is 1.33 bits per heavy atom. The molecule has 0 fully saturated rings. The van der Waals surface area contributed by atoms with Crippen LogP contribution in [0.3, 0.4) is 0 Å². The van der Waals surface area contributed by atoms with E-state index in [1.807, 2.05) is 6.92 Å². The number of hydrogen-bond donors (Lipinski definition) is 1. The molecule has 1 heterocycles. The van der Waals surface area contributed by atoms with Crippen LogP contribution in [0.25, 0.3) is 0 Å². The Morgan fingerprint density at radius 3 is 1.82 bits per heavy atom. The lowest BCUT2D eigenvalue weighted by Crippen LogP contribution is -2.36. The summed E-state index contributed by atoms with van der Waals surface area (Å²) in [5.74, 6) is 1.47. The Morgan fingerprint density at radius 1 is 0.848 bits per heavy atom. The normalized spacial score (nSPS) is 18.2. The highest BCUT2D eigenvalue weighted by Gasteiger charge is 2.34. The summed E-state index contributed by atoms with van der Waals surface area (Å²) in [5, 5.41) is 10.7. The SMILES string of the molecule is CCCCCCCCCCCCCCCCC1(C)CCc2c(cc(C(C)(C)C)c(O)c2C)O1. The predicted octanol–water partition coefficient (Wildman–Crippen LogP) is 9.95. The fraction of sp³-hybridized carbons (Fsp3) is 0.806. The number of rotatable bonds is 15. The third kappa shape index (κ3) is 9.18. The molecule has 0 aliphatic carbocycles. The minimum absolute atomic E-state index is 0.0668. The van der Waals surface area contributed by atoms with E-state index in [1.54, 1.807) is 0 Å². The number of hydrogen-bond acceptors (Lipinski definition) is 2. The molecule has 0 aromatic heterocycles. The lowest BCUT2D eigenvalue weighted by atomic mass is 9.81. The zero-order valence-electron chi connectivity index (χ0n) is 23.0. The van der Waals surface area contributed by atoms with Gasteiger partial charge in [0.2, 0.25) is 0 Å². The topological polar surface area (TPSA) is 29.5 Å². The van der Waals surface area contributed by atoms with E-state index in [0.717, 1.165) is 36.1 Å². The molecular weight excluding hydrogens is 404 g/mol. The van der Waals surface area contributed by atoms with E-state index in [4.69, 9.17) is 4.74 Å². The Hall–Kier alpha value is -1.18.